The van der Waals surface area contributed by atoms with Gasteiger partial charge >= 0.3 is 0 Å². The van der Waals surface area contributed by atoms with E-state index in [4.69, 9.17) is 9.47 Å². The Hall–Kier alpha value is -0.830. The zero-order valence-electron chi connectivity index (χ0n) is 11.0. The van der Waals surface area contributed by atoms with Gasteiger partial charge in [-0.3, -0.25) is 0 Å². The van der Waals surface area contributed by atoms with Crippen molar-refractivity contribution in [1.82, 2.24) is 10.0 Å². The summed E-state index contributed by atoms with van der Waals surface area (Å²) in [7, 11) is 0.994. The summed E-state index contributed by atoms with van der Waals surface area (Å²) in [6, 6.07) is 2.98. The van der Waals surface area contributed by atoms with Crippen LogP contribution in [0.1, 0.15) is 0 Å². The summed E-state index contributed by atoms with van der Waals surface area (Å²) in [5, 5.41) is 2.86. The highest BCUT2D eigenvalue weighted by molar-refractivity contribution is 9.10. The van der Waals surface area contributed by atoms with E-state index in [1.165, 1.54) is 20.3 Å². The number of ether oxygens (including phenoxy) is 2. The normalized spacial score (nSPS) is 11.4. The number of hydrogen-bond donors (Lipinski definition) is 2. The van der Waals surface area contributed by atoms with Gasteiger partial charge in [-0.25, -0.2) is 13.1 Å². The molecule has 0 bridgehead atoms. The third-order valence-electron chi connectivity index (χ3n) is 2.39. The number of halogens is 1. The lowest BCUT2D eigenvalue weighted by Crippen LogP contribution is -2.30. The molecule has 0 aliphatic rings. The number of likely N-dealkylation sites (N-methyl/N-ethyl adjacent to an activating group) is 1. The van der Waals surface area contributed by atoms with Crippen LogP contribution in [0.2, 0.25) is 0 Å². The van der Waals surface area contributed by atoms with E-state index in [1.54, 1.807) is 13.1 Å². The van der Waals surface area contributed by atoms with Gasteiger partial charge in [0.25, 0.3) is 0 Å². The summed E-state index contributed by atoms with van der Waals surface area (Å²) in [5.74, 6) is 0.680. The van der Waals surface area contributed by atoms with Crippen LogP contribution in [0.5, 0.6) is 11.5 Å². The Morgan fingerprint density at radius 2 is 1.79 bits per heavy atom. The van der Waals surface area contributed by atoms with E-state index < -0.39 is 10.0 Å². The molecule has 0 aliphatic heterocycles. The molecule has 0 radical (unpaired) electrons. The van der Waals surface area contributed by atoms with E-state index in [0.717, 1.165) is 0 Å². The molecule has 0 atom stereocenters. The number of hydrogen-bond acceptors (Lipinski definition) is 5. The fraction of sp³-hybridized carbons (Fsp3) is 0.455. The Morgan fingerprint density at radius 1 is 1.16 bits per heavy atom. The first-order valence-electron chi connectivity index (χ1n) is 5.52. The minimum Gasteiger partial charge on any atom is -0.496 e. The fourth-order valence-corrected chi connectivity index (χ4v) is 3.11. The maximum absolute atomic E-state index is 12.2. The van der Waals surface area contributed by atoms with E-state index in [2.05, 4.69) is 26.0 Å². The summed E-state index contributed by atoms with van der Waals surface area (Å²) in [6.07, 6.45) is 0. The molecule has 1 aromatic carbocycles. The van der Waals surface area contributed by atoms with Crippen LogP contribution in [0, 0.1) is 0 Å². The van der Waals surface area contributed by atoms with Gasteiger partial charge < -0.3 is 14.8 Å². The minimum atomic E-state index is -3.64. The maximum atomic E-state index is 12.2. The van der Waals surface area contributed by atoms with Crippen LogP contribution in [0.3, 0.4) is 0 Å². The Labute approximate surface area is 121 Å². The lowest BCUT2D eigenvalue weighted by molar-refractivity contribution is 0.390. The van der Waals surface area contributed by atoms with Crippen molar-refractivity contribution in [2.45, 2.75) is 4.90 Å². The van der Waals surface area contributed by atoms with Crippen molar-refractivity contribution < 1.29 is 17.9 Å². The molecule has 0 amide bonds. The Bertz CT molecular complexity index is 534. The van der Waals surface area contributed by atoms with E-state index >= 15 is 0 Å². The Balaban J connectivity index is 3.16. The van der Waals surface area contributed by atoms with Gasteiger partial charge in [-0.15, -0.1) is 0 Å². The molecule has 0 fully saturated rings. The Morgan fingerprint density at radius 3 is 2.32 bits per heavy atom. The van der Waals surface area contributed by atoms with Gasteiger partial charge in [0, 0.05) is 19.2 Å². The largest absolute Gasteiger partial charge is 0.496 e. The first-order chi connectivity index (χ1) is 8.96. The highest BCUT2D eigenvalue weighted by Gasteiger charge is 2.21. The van der Waals surface area contributed by atoms with E-state index in [0.29, 0.717) is 23.3 Å². The van der Waals surface area contributed by atoms with Gasteiger partial charge in [0.2, 0.25) is 10.0 Å². The third-order valence-corrected chi connectivity index (χ3v) is 4.50. The van der Waals surface area contributed by atoms with Gasteiger partial charge in [0.05, 0.1) is 18.7 Å². The average Bonchev–Trinajstić information content (AvgIpc) is 2.38. The van der Waals surface area contributed by atoms with Gasteiger partial charge in [0.1, 0.15) is 16.4 Å². The molecule has 0 unspecified atom stereocenters. The molecule has 0 spiro atoms. The quantitative estimate of drug-likeness (QED) is 0.715. The van der Waals surface area contributed by atoms with Crippen LogP contribution < -0.4 is 19.5 Å². The number of rotatable bonds is 7. The zero-order chi connectivity index (χ0) is 14.5. The van der Waals surface area contributed by atoms with Crippen molar-refractivity contribution in [1.29, 1.82) is 0 Å². The number of nitrogens with one attached hydrogen (secondary N) is 2. The lowest BCUT2D eigenvalue weighted by atomic mass is 10.3. The van der Waals surface area contributed by atoms with Crippen molar-refractivity contribution in [2.24, 2.45) is 0 Å². The summed E-state index contributed by atoms with van der Waals surface area (Å²) in [6.45, 7) is 0.829. The van der Waals surface area contributed by atoms with Crippen LogP contribution in [-0.2, 0) is 10.0 Å². The molecule has 2 N–H and O–H groups in total. The second kappa shape index (κ2) is 7.09. The topological polar surface area (TPSA) is 76.7 Å². The standard InChI is InChI=1S/C11H17BrN2O4S/c1-13-4-5-14-19(15,16)11-7-9(17-2)8(12)6-10(11)18-3/h6-7,13-14H,4-5H2,1-3H3. The van der Waals surface area contributed by atoms with Crippen LogP contribution >= 0.6 is 15.9 Å². The molecule has 108 valence electrons. The predicted molar refractivity (Wildman–Crippen MR) is 76.4 cm³/mol. The first-order valence-corrected chi connectivity index (χ1v) is 7.79. The fourth-order valence-electron chi connectivity index (χ4n) is 1.43. The number of methoxy groups -OCH3 is 2. The molecule has 19 heavy (non-hydrogen) atoms. The molecule has 1 aromatic rings. The molecule has 0 saturated heterocycles. The van der Waals surface area contributed by atoms with Crippen molar-refractivity contribution in [3.63, 3.8) is 0 Å². The van der Waals surface area contributed by atoms with Crippen LogP contribution in [0.25, 0.3) is 0 Å². The van der Waals surface area contributed by atoms with E-state index in [9.17, 15) is 8.42 Å². The van der Waals surface area contributed by atoms with Gasteiger partial charge in [-0.2, -0.15) is 0 Å². The molecule has 0 heterocycles. The molecule has 0 aromatic heterocycles. The smallest absolute Gasteiger partial charge is 0.244 e. The average molecular weight is 353 g/mol. The van der Waals surface area contributed by atoms with Gasteiger partial charge in [0.15, 0.2) is 0 Å². The molecular formula is C11H17BrN2O4S. The van der Waals surface area contributed by atoms with Crippen LogP contribution in [0.15, 0.2) is 21.5 Å². The number of sulfonamides is 1. The van der Waals surface area contributed by atoms with Crippen molar-refractivity contribution in [3.05, 3.63) is 16.6 Å². The highest BCUT2D eigenvalue weighted by atomic mass is 79.9. The Kier molecular flexibility index (Phi) is 6.05. The lowest BCUT2D eigenvalue weighted by Gasteiger charge is -2.13. The SMILES string of the molecule is CNCCNS(=O)(=O)c1cc(OC)c(Br)cc1OC. The molecule has 1 rings (SSSR count). The first kappa shape index (κ1) is 16.2. The number of benzene rings is 1. The summed E-state index contributed by atoms with van der Waals surface area (Å²) in [4.78, 5) is 0.0474. The van der Waals surface area contributed by atoms with Gasteiger partial charge in [-0.05, 0) is 29.0 Å². The zero-order valence-corrected chi connectivity index (χ0v) is 13.4. The van der Waals surface area contributed by atoms with Crippen molar-refractivity contribution in [2.75, 3.05) is 34.4 Å². The second-order valence-corrected chi connectivity index (χ2v) is 6.23. The van der Waals surface area contributed by atoms with E-state index in [1.807, 2.05) is 0 Å². The molecule has 0 aliphatic carbocycles. The summed E-state index contributed by atoms with van der Waals surface area (Å²) >= 11 is 3.28. The summed E-state index contributed by atoms with van der Waals surface area (Å²) < 4.78 is 37.7. The molecule has 8 heteroatoms. The van der Waals surface area contributed by atoms with E-state index in [-0.39, 0.29) is 10.6 Å². The minimum absolute atomic E-state index is 0.0474. The maximum Gasteiger partial charge on any atom is 0.244 e. The van der Waals surface area contributed by atoms with Crippen LogP contribution in [-0.4, -0.2) is 42.8 Å². The highest BCUT2D eigenvalue weighted by Crippen LogP contribution is 2.35. The van der Waals surface area contributed by atoms with Crippen molar-refractivity contribution in [3.8, 4) is 11.5 Å². The predicted octanol–water partition coefficient (Wildman–Crippen LogP) is 0.964. The second-order valence-electron chi connectivity index (χ2n) is 3.64. The molecule has 6 nitrogen and oxygen atoms in total. The van der Waals surface area contributed by atoms with Crippen LogP contribution in [0.4, 0.5) is 0 Å². The third kappa shape index (κ3) is 4.07. The van der Waals surface area contributed by atoms with Crippen molar-refractivity contribution >= 4 is 26.0 Å². The summed E-state index contributed by atoms with van der Waals surface area (Å²) in [5.41, 5.74) is 0. The monoisotopic (exact) mass is 352 g/mol. The molecular weight excluding hydrogens is 336 g/mol. The molecule has 0 saturated carbocycles. The van der Waals surface area contributed by atoms with Gasteiger partial charge in [-0.1, -0.05) is 0 Å².